The largest absolute Gasteiger partial charge is 0.383 e. The van der Waals surface area contributed by atoms with E-state index in [-0.39, 0.29) is 17.2 Å². The van der Waals surface area contributed by atoms with Gasteiger partial charge in [-0.25, -0.2) is 0 Å². The van der Waals surface area contributed by atoms with Gasteiger partial charge in [0.05, 0.1) is 23.3 Å². The number of aryl methyl sites for hydroxylation is 1. The van der Waals surface area contributed by atoms with Crippen LogP contribution in [0.15, 0.2) is 77.2 Å². The Morgan fingerprint density at radius 2 is 1.89 bits per heavy atom. The summed E-state index contributed by atoms with van der Waals surface area (Å²) in [7, 11) is 1.64. The molecule has 0 aliphatic rings. The molecule has 4 aromatic rings. The molecule has 0 fully saturated rings. The van der Waals surface area contributed by atoms with Crippen LogP contribution < -0.4 is 5.56 Å². The van der Waals surface area contributed by atoms with Gasteiger partial charge in [-0.3, -0.25) is 18.6 Å². The van der Waals surface area contributed by atoms with Crippen LogP contribution in [0.25, 0.3) is 16.7 Å². The fourth-order valence-corrected chi connectivity index (χ4v) is 4.86. The van der Waals surface area contributed by atoms with E-state index >= 15 is 0 Å². The summed E-state index contributed by atoms with van der Waals surface area (Å²) >= 11 is 1.32. The fourth-order valence-electron chi connectivity index (χ4n) is 4.02. The number of aromatic nitrogens is 4. The molecule has 35 heavy (non-hydrogen) atoms. The number of ether oxygens (including phenoxy) is 1. The van der Waals surface area contributed by atoms with Crippen LogP contribution in [0.3, 0.4) is 0 Å². The van der Waals surface area contributed by atoms with E-state index in [2.05, 4.69) is 28.9 Å². The molecule has 0 bridgehead atoms. The molecule has 8 nitrogen and oxygen atoms in total. The van der Waals surface area contributed by atoms with E-state index in [4.69, 9.17) is 4.74 Å². The Morgan fingerprint density at radius 3 is 2.66 bits per heavy atom. The van der Waals surface area contributed by atoms with Crippen molar-refractivity contribution in [3.63, 3.8) is 0 Å². The number of carbonyl (C=O) groups excluding carboxylic acids is 1. The predicted molar refractivity (Wildman–Crippen MR) is 139 cm³/mol. The second-order valence-corrected chi connectivity index (χ2v) is 9.03. The molecule has 0 saturated heterocycles. The number of benzene rings is 2. The van der Waals surface area contributed by atoms with Crippen LogP contribution in [0.5, 0.6) is 0 Å². The Hall–Kier alpha value is -3.43. The number of para-hydroxylation sites is 1. The summed E-state index contributed by atoms with van der Waals surface area (Å²) in [5.41, 5.74) is 1.83. The average molecular weight is 492 g/mol. The summed E-state index contributed by atoms with van der Waals surface area (Å²) in [5, 5.41) is 9.71. The number of hydrogen-bond donors (Lipinski definition) is 0. The van der Waals surface area contributed by atoms with E-state index in [1.807, 2.05) is 45.7 Å². The van der Waals surface area contributed by atoms with Gasteiger partial charge >= 0.3 is 0 Å². The van der Waals surface area contributed by atoms with Crippen LogP contribution in [-0.4, -0.2) is 62.5 Å². The maximum Gasteiger partial charge on any atom is 0.263 e. The lowest BCUT2D eigenvalue weighted by Gasteiger charge is -2.22. The highest BCUT2D eigenvalue weighted by atomic mass is 32.2. The first-order valence-electron chi connectivity index (χ1n) is 11.5. The lowest BCUT2D eigenvalue weighted by molar-refractivity contribution is -0.129. The van der Waals surface area contributed by atoms with Crippen molar-refractivity contribution < 1.29 is 9.53 Å². The molecule has 0 atom stereocenters. The molecule has 2 aromatic heterocycles. The number of fused-ring (bicyclic) bond motifs is 3. The van der Waals surface area contributed by atoms with Gasteiger partial charge in [-0.2, -0.15) is 0 Å². The number of rotatable bonds is 12. The van der Waals surface area contributed by atoms with Gasteiger partial charge in [0.2, 0.25) is 11.7 Å². The van der Waals surface area contributed by atoms with Crippen molar-refractivity contribution >= 4 is 34.3 Å². The van der Waals surface area contributed by atoms with Crippen molar-refractivity contribution in [3.05, 3.63) is 83.2 Å². The normalized spacial score (nSPS) is 11.2. The summed E-state index contributed by atoms with van der Waals surface area (Å²) in [6, 6.07) is 17.6. The molecule has 0 aliphatic carbocycles. The molecule has 1 amide bonds. The zero-order chi connectivity index (χ0) is 24.6. The second kappa shape index (κ2) is 11.8. The molecule has 0 aliphatic heterocycles. The van der Waals surface area contributed by atoms with Crippen molar-refractivity contribution in [1.29, 1.82) is 0 Å². The van der Waals surface area contributed by atoms with Crippen molar-refractivity contribution in [2.75, 3.05) is 32.6 Å². The molecule has 0 saturated carbocycles. The SMILES string of the molecule is C=CCn1c(=O)c2ccccc2n2c(SCC(=O)N(CCCc3ccccc3)CCOC)nnc12. The highest BCUT2D eigenvalue weighted by Gasteiger charge is 2.19. The second-order valence-electron chi connectivity index (χ2n) is 8.09. The highest BCUT2D eigenvalue weighted by Crippen LogP contribution is 2.22. The first-order valence-corrected chi connectivity index (χ1v) is 12.5. The van der Waals surface area contributed by atoms with E-state index in [1.54, 1.807) is 23.8 Å². The maximum atomic E-state index is 13.1. The van der Waals surface area contributed by atoms with E-state index in [9.17, 15) is 9.59 Å². The number of methoxy groups -OCH3 is 1. The third-order valence-electron chi connectivity index (χ3n) is 5.77. The Bertz CT molecular complexity index is 1370. The van der Waals surface area contributed by atoms with Crippen LogP contribution in [0.2, 0.25) is 0 Å². The van der Waals surface area contributed by atoms with E-state index in [0.29, 0.717) is 48.1 Å². The lowest BCUT2D eigenvalue weighted by atomic mass is 10.1. The monoisotopic (exact) mass is 491 g/mol. The van der Waals surface area contributed by atoms with Crippen LogP contribution in [0, 0.1) is 0 Å². The molecule has 0 unspecified atom stereocenters. The third kappa shape index (κ3) is 5.63. The topological polar surface area (TPSA) is 81.7 Å². The number of amides is 1. The lowest BCUT2D eigenvalue weighted by Crippen LogP contribution is -2.36. The maximum absolute atomic E-state index is 13.1. The molecule has 0 radical (unpaired) electrons. The van der Waals surface area contributed by atoms with Crippen LogP contribution >= 0.6 is 11.8 Å². The van der Waals surface area contributed by atoms with Gasteiger partial charge in [0, 0.05) is 26.7 Å². The molecule has 9 heteroatoms. The molecule has 2 aromatic carbocycles. The first kappa shape index (κ1) is 24.7. The quantitative estimate of drug-likeness (QED) is 0.223. The summed E-state index contributed by atoms with van der Waals surface area (Å²) in [6.45, 7) is 5.74. The summed E-state index contributed by atoms with van der Waals surface area (Å²) in [4.78, 5) is 27.9. The zero-order valence-electron chi connectivity index (χ0n) is 19.8. The van der Waals surface area contributed by atoms with E-state index in [1.165, 1.54) is 17.3 Å². The zero-order valence-corrected chi connectivity index (χ0v) is 20.6. The van der Waals surface area contributed by atoms with Gasteiger partial charge in [-0.05, 0) is 30.5 Å². The number of hydrogen-bond acceptors (Lipinski definition) is 6. The molecular formula is C26H29N5O3S. The number of allylic oxidation sites excluding steroid dienone is 1. The number of carbonyl (C=O) groups is 1. The minimum atomic E-state index is -0.141. The predicted octanol–water partition coefficient (Wildman–Crippen LogP) is 3.43. The Kier molecular flexibility index (Phi) is 8.33. The number of nitrogens with zero attached hydrogens (tertiary/aromatic N) is 5. The first-order chi connectivity index (χ1) is 17.1. The standard InChI is InChI=1S/C26H29N5O3S/c1-3-15-30-24(33)21-13-7-8-14-22(21)31-25(30)27-28-26(31)35-19-23(32)29(17-18-34-2)16-9-12-20-10-5-4-6-11-20/h3-8,10-11,13-14H,1,9,12,15-19H2,2H3. The summed E-state index contributed by atoms with van der Waals surface area (Å²) in [6.07, 6.45) is 3.44. The van der Waals surface area contributed by atoms with Crippen LogP contribution in [0.4, 0.5) is 0 Å². The van der Waals surface area contributed by atoms with Gasteiger partial charge in [0.25, 0.3) is 5.56 Å². The number of thioether (sulfide) groups is 1. The van der Waals surface area contributed by atoms with Crippen molar-refractivity contribution in [2.45, 2.75) is 24.5 Å². The van der Waals surface area contributed by atoms with E-state index < -0.39 is 0 Å². The third-order valence-corrected chi connectivity index (χ3v) is 6.68. The molecule has 4 rings (SSSR count). The average Bonchev–Trinajstić information content (AvgIpc) is 3.31. The van der Waals surface area contributed by atoms with Gasteiger partial charge < -0.3 is 9.64 Å². The van der Waals surface area contributed by atoms with Gasteiger partial charge in [-0.1, -0.05) is 60.3 Å². The molecule has 0 N–H and O–H groups in total. The Morgan fingerprint density at radius 1 is 1.11 bits per heavy atom. The van der Waals surface area contributed by atoms with Crippen molar-refractivity contribution in [3.8, 4) is 0 Å². The summed E-state index contributed by atoms with van der Waals surface area (Å²) in [5.74, 6) is 0.660. The molecule has 2 heterocycles. The molecule has 182 valence electrons. The van der Waals surface area contributed by atoms with Gasteiger partial charge in [0.1, 0.15) is 0 Å². The van der Waals surface area contributed by atoms with Gasteiger partial charge in [0.15, 0.2) is 5.16 Å². The van der Waals surface area contributed by atoms with E-state index in [0.717, 1.165) is 12.8 Å². The fraction of sp³-hybridized carbons (Fsp3) is 0.308. The summed E-state index contributed by atoms with van der Waals surface area (Å²) < 4.78 is 8.61. The molecule has 0 spiro atoms. The van der Waals surface area contributed by atoms with Crippen molar-refractivity contribution in [1.82, 2.24) is 24.1 Å². The Labute approximate surface area is 208 Å². The highest BCUT2D eigenvalue weighted by molar-refractivity contribution is 7.99. The molecular weight excluding hydrogens is 462 g/mol. The smallest absolute Gasteiger partial charge is 0.263 e. The van der Waals surface area contributed by atoms with Crippen LogP contribution in [0.1, 0.15) is 12.0 Å². The Balaban J connectivity index is 1.52. The minimum absolute atomic E-state index is 0.0144. The van der Waals surface area contributed by atoms with Crippen molar-refractivity contribution in [2.24, 2.45) is 0 Å². The van der Waals surface area contributed by atoms with Gasteiger partial charge in [-0.15, -0.1) is 16.8 Å². The minimum Gasteiger partial charge on any atom is -0.383 e. The van der Waals surface area contributed by atoms with Crippen LogP contribution in [-0.2, 0) is 22.5 Å².